The molecule has 8 rings (SSSR count). The number of para-hydroxylation sites is 1. The molecule has 3 atom stereocenters. The molecule has 0 radical (unpaired) electrons. The van der Waals surface area contributed by atoms with Gasteiger partial charge in [-0.05, 0) is 35.6 Å². The normalized spacial score (nSPS) is 23.9. The summed E-state index contributed by atoms with van der Waals surface area (Å²) in [4.78, 5) is 3.11. The van der Waals surface area contributed by atoms with Crippen LogP contribution in [0, 0.1) is 0 Å². The molecule has 2 N–H and O–H groups in total. The molecule has 1 fully saturated rings. The molecule has 0 spiro atoms. The van der Waals surface area contributed by atoms with Gasteiger partial charge in [0.1, 0.15) is 6.23 Å². The highest BCUT2D eigenvalue weighted by Crippen LogP contribution is 2.60. The molecule has 0 saturated carbocycles. The van der Waals surface area contributed by atoms with E-state index in [1.165, 1.54) is 44.1 Å². The third kappa shape index (κ3) is 1.49. The molecule has 2 bridgehead atoms. The van der Waals surface area contributed by atoms with Crippen LogP contribution in [0.4, 0.5) is 0 Å². The summed E-state index contributed by atoms with van der Waals surface area (Å²) in [6.07, 6.45) is 4.34. The Balaban J connectivity index is 1.75. The second-order valence-electron chi connectivity index (χ2n) is 8.60. The molecule has 4 heterocycles. The van der Waals surface area contributed by atoms with E-state index in [9.17, 15) is 5.11 Å². The molecule has 3 aromatic carbocycles. The van der Waals surface area contributed by atoms with Gasteiger partial charge < -0.3 is 19.4 Å². The van der Waals surface area contributed by atoms with E-state index in [1.807, 2.05) is 6.20 Å². The second kappa shape index (κ2) is 4.66. The van der Waals surface area contributed by atoms with Gasteiger partial charge in [0.15, 0.2) is 5.88 Å². The zero-order chi connectivity index (χ0) is 18.9. The van der Waals surface area contributed by atoms with Crippen LogP contribution in [0.1, 0.15) is 36.1 Å². The smallest absolute Gasteiger partial charge is 0.197 e. The minimum atomic E-state index is 0.0780. The summed E-state index contributed by atoms with van der Waals surface area (Å²) in [6, 6.07) is 17.3. The highest BCUT2D eigenvalue weighted by Gasteiger charge is 2.46. The van der Waals surface area contributed by atoms with Crippen molar-refractivity contribution in [3.05, 3.63) is 65.9 Å². The third-order valence-electron chi connectivity index (χ3n) is 7.38. The van der Waals surface area contributed by atoms with Crippen LogP contribution in [0.2, 0.25) is 0 Å². The minimum Gasteiger partial charge on any atom is -0.494 e. The monoisotopic (exact) mass is 378 g/mol. The van der Waals surface area contributed by atoms with Gasteiger partial charge in [-0.15, -0.1) is 0 Å². The number of ether oxygens (including phenoxy) is 1. The molecule has 4 heteroatoms. The summed E-state index contributed by atoms with van der Waals surface area (Å²) >= 11 is 0. The molecule has 3 aliphatic rings. The van der Waals surface area contributed by atoms with Crippen LogP contribution in [-0.2, 0) is 4.74 Å². The molecule has 2 aromatic heterocycles. The number of aromatic hydroxyl groups is 1. The van der Waals surface area contributed by atoms with Gasteiger partial charge in [0, 0.05) is 33.8 Å². The van der Waals surface area contributed by atoms with E-state index >= 15 is 0 Å². The number of nitrogens with zero attached hydrogens (tertiary/aromatic N) is 1. The molecule has 29 heavy (non-hydrogen) atoms. The van der Waals surface area contributed by atoms with Crippen molar-refractivity contribution in [2.24, 2.45) is 0 Å². The van der Waals surface area contributed by atoms with Crippen molar-refractivity contribution in [2.45, 2.75) is 31.1 Å². The first-order valence-electron chi connectivity index (χ1n) is 10.4. The Morgan fingerprint density at radius 3 is 2.79 bits per heavy atom. The zero-order valence-electron chi connectivity index (χ0n) is 15.6. The lowest BCUT2D eigenvalue weighted by atomic mass is 9.87. The van der Waals surface area contributed by atoms with Crippen molar-refractivity contribution in [1.29, 1.82) is 0 Å². The van der Waals surface area contributed by atoms with Gasteiger partial charge in [-0.25, -0.2) is 0 Å². The summed E-state index contributed by atoms with van der Waals surface area (Å²) in [5.41, 5.74) is 7.61. The number of aromatic nitrogens is 2. The SMILES string of the molecule is Oc1[nH]cc2c1c1c3c4c2c2ccccc2n4C2CC[C@H](O2)C3c2ccccc2-1. The number of benzene rings is 3. The van der Waals surface area contributed by atoms with Crippen LogP contribution in [0.25, 0.3) is 43.7 Å². The topological polar surface area (TPSA) is 50.2 Å². The average Bonchev–Trinajstić information content (AvgIpc) is 3.47. The van der Waals surface area contributed by atoms with Crippen LogP contribution in [-0.4, -0.2) is 20.8 Å². The quantitative estimate of drug-likeness (QED) is 0.359. The summed E-state index contributed by atoms with van der Waals surface area (Å²) in [6.45, 7) is 0. The van der Waals surface area contributed by atoms with Crippen molar-refractivity contribution < 1.29 is 9.84 Å². The predicted molar refractivity (Wildman–Crippen MR) is 113 cm³/mol. The average molecular weight is 378 g/mol. The third-order valence-corrected chi connectivity index (χ3v) is 7.38. The van der Waals surface area contributed by atoms with Crippen LogP contribution in [0.5, 0.6) is 5.88 Å². The first-order valence-corrected chi connectivity index (χ1v) is 10.4. The van der Waals surface area contributed by atoms with Crippen molar-refractivity contribution in [2.75, 3.05) is 0 Å². The van der Waals surface area contributed by atoms with E-state index in [0.29, 0.717) is 0 Å². The fourth-order valence-electron chi connectivity index (χ4n) is 6.42. The van der Waals surface area contributed by atoms with Crippen molar-refractivity contribution in [3.63, 3.8) is 0 Å². The Morgan fingerprint density at radius 1 is 0.966 bits per heavy atom. The van der Waals surface area contributed by atoms with Gasteiger partial charge in [0.25, 0.3) is 0 Å². The van der Waals surface area contributed by atoms with Gasteiger partial charge in [-0.2, -0.15) is 0 Å². The van der Waals surface area contributed by atoms with E-state index in [0.717, 1.165) is 23.6 Å². The number of fused-ring (bicyclic) bond motifs is 13. The lowest BCUT2D eigenvalue weighted by Crippen LogP contribution is -2.16. The summed E-state index contributed by atoms with van der Waals surface area (Å²) in [7, 11) is 0. The molecule has 0 amide bonds. The lowest BCUT2D eigenvalue weighted by molar-refractivity contribution is 0.00494. The van der Waals surface area contributed by atoms with Crippen molar-refractivity contribution in [3.8, 4) is 17.0 Å². The van der Waals surface area contributed by atoms with Gasteiger partial charge in [0.2, 0.25) is 0 Å². The fraction of sp³-hybridized carbons (Fsp3) is 0.200. The van der Waals surface area contributed by atoms with E-state index in [1.54, 1.807) is 0 Å². The maximum absolute atomic E-state index is 10.9. The maximum atomic E-state index is 10.9. The summed E-state index contributed by atoms with van der Waals surface area (Å²) in [5.74, 6) is 0.480. The zero-order valence-corrected chi connectivity index (χ0v) is 15.6. The number of hydrogen-bond donors (Lipinski definition) is 2. The van der Waals surface area contributed by atoms with E-state index in [4.69, 9.17) is 4.74 Å². The Morgan fingerprint density at radius 2 is 1.83 bits per heavy atom. The van der Waals surface area contributed by atoms with Crippen molar-refractivity contribution in [1.82, 2.24) is 9.55 Å². The standard InChI is InChI=1S/C25H18N2O2/c28-25-22-15(11-26-25)19-14-7-3-4-8-16(14)27-18-10-9-17(29-18)20-12-5-1-2-6-13(12)21(22)23(20)24(19)27/h1-8,11,17-18,20,26,28H,9-10H2/t17-,18?,20?/m0/s1. The second-order valence-corrected chi connectivity index (χ2v) is 8.60. The number of rotatable bonds is 0. The van der Waals surface area contributed by atoms with Gasteiger partial charge >= 0.3 is 0 Å². The van der Waals surface area contributed by atoms with Crippen LogP contribution >= 0.6 is 0 Å². The molecular formula is C25H18N2O2. The Bertz CT molecular complexity index is 1520. The number of hydrogen-bond acceptors (Lipinski definition) is 2. The molecule has 1 aliphatic carbocycles. The number of nitrogens with one attached hydrogen (secondary N) is 1. The molecule has 4 nitrogen and oxygen atoms in total. The molecule has 2 unspecified atom stereocenters. The van der Waals surface area contributed by atoms with Crippen molar-refractivity contribution >= 4 is 32.6 Å². The van der Waals surface area contributed by atoms with Crippen LogP contribution in [0.3, 0.4) is 0 Å². The van der Waals surface area contributed by atoms with Gasteiger partial charge in [-0.1, -0.05) is 42.5 Å². The lowest BCUT2D eigenvalue weighted by Gasteiger charge is -2.19. The van der Waals surface area contributed by atoms with Crippen LogP contribution < -0.4 is 0 Å². The van der Waals surface area contributed by atoms with E-state index in [2.05, 4.69) is 58.1 Å². The Labute approximate surface area is 166 Å². The first kappa shape index (κ1) is 14.7. The van der Waals surface area contributed by atoms with Crippen LogP contribution in [0.15, 0.2) is 54.7 Å². The Kier molecular flexibility index (Phi) is 2.37. The van der Waals surface area contributed by atoms with E-state index < -0.39 is 0 Å². The van der Waals surface area contributed by atoms with Gasteiger partial charge in [-0.3, -0.25) is 0 Å². The maximum Gasteiger partial charge on any atom is 0.197 e. The fourth-order valence-corrected chi connectivity index (χ4v) is 6.42. The van der Waals surface area contributed by atoms with Gasteiger partial charge in [0.05, 0.1) is 22.5 Å². The highest BCUT2D eigenvalue weighted by molar-refractivity contribution is 6.27. The highest BCUT2D eigenvalue weighted by atomic mass is 16.5. The largest absolute Gasteiger partial charge is 0.494 e. The summed E-state index contributed by atoms with van der Waals surface area (Å²) in [5, 5.41) is 15.4. The molecule has 5 aromatic rings. The molecular weight excluding hydrogens is 360 g/mol. The number of H-pyrrole nitrogens is 1. The predicted octanol–water partition coefficient (Wildman–Crippen LogP) is 5.78. The first-order chi connectivity index (χ1) is 14.3. The number of aromatic amines is 1. The molecule has 1 saturated heterocycles. The van der Waals surface area contributed by atoms with E-state index in [-0.39, 0.29) is 24.1 Å². The summed E-state index contributed by atoms with van der Waals surface area (Å²) < 4.78 is 9.12. The Hall–Kier alpha value is -3.24. The molecule has 2 aliphatic heterocycles. The molecule has 140 valence electrons. The minimum absolute atomic E-state index is 0.0780.